The van der Waals surface area contributed by atoms with Crippen LogP contribution in [0.25, 0.3) is 11.4 Å². The molecule has 16 nitrogen and oxygen atoms in total. The third-order valence-corrected chi connectivity index (χ3v) is 6.82. The SMILES string of the molecule is Cn1nc2n(c1=O)-c1cc(N)ccc1OCC2(C)O.Cn1nc2n(c1=O)-c1cc([N+](=O)[O-])ccc1OCC21CO1.[CH3-].[Pd]. The van der Waals surface area contributed by atoms with Crippen LogP contribution in [-0.2, 0) is 50.5 Å². The smallest absolute Gasteiger partial charge is 0.350 e. The number of nitro groups is 1. The average molecular weight is 674 g/mol. The van der Waals surface area contributed by atoms with Crippen LogP contribution in [0.15, 0.2) is 46.0 Å². The van der Waals surface area contributed by atoms with Crippen LogP contribution >= 0.6 is 0 Å². The summed E-state index contributed by atoms with van der Waals surface area (Å²) < 4.78 is 21.6. The van der Waals surface area contributed by atoms with E-state index in [2.05, 4.69) is 10.2 Å². The zero-order valence-electron chi connectivity index (χ0n) is 22.9. The summed E-state index contributed by atoms with van der Waals surface area (Å²) in [4.78, 5) is 34.9. The number of aliphatic hydroxyl groups is 1. The van der Waals surface area contributed by atoms with E-state index in [4.69, 9.17) is 19.9 Å². The Labute approximate surface area is 251 Å². The summed E-state index contributed by atoms with van der Waals surface area (Å²) >= 11 is 0. The van der Waals surface area contributed by atoms with Gasteiger partial charge in [0.25, 0.3) is 5.69 Å². The second-order valence-electron chi connectivity index (χ2n) is 9.90. The Balaban J connectivity index is 0.000000185. The predicted molar refractivity (Wildman–Crippen MR) is 143 cm³/mol. The molecule has 0 amide bonds. The quantitative estimate of drug-likeness (QED) is 0.0703. The van der Waals surface area contributed by atoms with Crippen molar-refractivity contribution in [3.05, 3.63) is 86.6 Å². The summed E-state index contributed by atoms with van der Waals surface area (Å²) in [7, 11) is 3.06. The fourth-order valence-electron chi connectivity index (χ4n) is 4.60. The van der Waals surface area contributed by atoms with Gasteiger partial charge in [0.15, 0.2) is 22.9 Å². The third-order valence-electron chi connectivity index (χ3n) is 6.82. The summed E-state index contributed by atoms with van der Waals surface area (Å²) in [5, 5.41) is 29.6. The van der Waals surface area contributed by atoms with Gasteiger partial charge in [0.05, 0.1) is 17.2 Å². The number of aromatic nitrogens is 6. The molecule has 2 aromatic carbocycles. The van der Waals surface area contributed by atoms with Crippen LogP contribution < -0.4 is 26.6 Å². The molecular weight excluding hydrogens is 647 g/mol. The number of hydrogen-bond donors (Lipinski definition) is 2. The predicted octanol–water partition coefficient (Wildman–Crippen LogP) is 0.298. The average Bonchev–Trinajstić information content (AvgIpc) is 3.60. The number of nitrogen functional groups attached to an aromatic ring is 1. The first-order chi connectivity index (χ1) is 18.9. The largest absolute Gasteiger partial charge is 0.488 e. The number of ether oxygens (including phenoxy) is 3. The van der Waals surface area contributed by atoms with Gasteiger partial charge in [-0.2, -0.15) is 10.2 Å². The number of benzene rings is 2. The molecule has 0 radical (unpaired) electrons. The molecule has 42 heavy (non-hydrogen) atoms. The second-order valence-corrected chi connectivity index (χ2v) is 9.90. The van der Waals surface area contributed by atoms with E-state index in [9.17, 15) is 24.8 Å². The van der Waals surface area contributed by atoms with Crippen LogP contribution in [0.4, 0.5) is 11.4 Å². The number of aryl methyl sites for hydroxylation is 2. The molecular formula is C25H27N8O8Pd-. The van der Waals surface area contributed by atoms with Crippen LogP contribution in [0.3, 0.4) is 0 Å². The summed E-state index contributed by atoms with van der Waals surface area (Å²) in [6.07, 6.45) is 0. The maximum atomic E-state index is 12.3. The fourth-order valence-corrected chi connectivity index (χ4v) is 4.60. The van der Waals surface area contributed by atoms with Gasteiger partial charge in [-0.15, -0.1) is 0 Å². The van der Waals surface area contributed by atoms with Crippen LogP contribution in [0.5, 0.6) is 11.5 Å². The number of fused-ring (bicyclic) bond motifs is 7. The van der Waals surface area contributed by atoms with Crippen LogP contribution in [0.1, 0.15) is 18.6 Å². The molecule has 17 heteroatoms. The number of rotatable bonds is 1. The van der Waals surface area contributed by atoms with Crippen molar-refractivity contribution in [2.45, 2.75) is 18.1 Å². The molecule has 2 atom stereocenters. The number of epoxide rings is 1. The van der Waals surface area contributed by atoms with Crippen molar-refractivity contribution in [3.8, 4) is 22.9 Å². The van der Waals surface area contributed by atoms with Gasteiger partial charge in [-0.3, -0.25) is 10.1 Å². The van der Waals surface area contributed by atoms with Gasteiger partial charge < -0.3 is 32.5 Å². The molecule has 7 rings (SSSR count). The monoisotopic (exact) mass is 673 g/mol. The Morgan fingerprint density at radius 1 is 0.929 bits per heavy atom. The van der Waals surface area contributed by atoms with Crippen molar-refractivity contribution in [3.63, 3.8) is 0 Å². The zero-order chi connectivity index (χ0) is 28.6. The summed E-state index contributed by atoms with van der Waals surface area (Å²) in [6.45, 7) is 2.19. The van der Waals surface area contributed by atoms with Gasteiger partial charge in [0, 0.05) is 52.3 Å². The molecule has 0 bridgehead atoms. The van der Waals surface area contributed by atoms with Gasteiger partial charge in [-0.1, -0.05) is 0 Å². The Morgan fingerprint density at radius 3 is 2.05 bits per heavy atom. The number of hydrogen-bond acceptors (Lipinski definition) is 11. The first-order valence-electron chi connectivity index (χ1n) is 12.1. The Morgan fingerprint density at radius 2 is 1.45 bits per heavy atom. The second kappa shape index (κ2) is 10.5. The molecule has 3 aliphatic heterocycles. The minimum absolute atomic E-state index is 0. The van der Waals surface area contributed by atoms with E-state index >= 15 is 0 Å². The normalized spacial score (nSPS) is 20.7. The summed E-state index contributed by atoms with van der Waals surface area (Å²) in [6, 6.07) is 9.12. The van der Waals surface area contributed by atoms with E-state index in [0.717, 1.165) is 0 Å². The van der Waals surface area contributed by atoms with Crippen LogP contribution in [0, 0.1) is 17.5 Å². The van der Waals surface area contributed by atoms with E-state index < -0.39 is 21.8 Å². The number of nitro benzene ring substituents is 1. The molecule has 1 fully saturated rings. The Bertz CT molecular complexity index is 1820. The molecule has 2 aromatic heterocycles. The zero-order valence-corrected chi connectivity index (χ0v) is 24.5. The van der Waals surface area contributed by atoms with Crippen LogP contribution in [0.2, 0.25) is 0 Å². The minimum atomic E-state index is -1.35. The van der Waals surface area contributed by atoms with Crippen molar-refractivity contribution in [1.82, 2.24) is 28.7 Å². The molecule has 1 saturated heterocycles. The van der Waals surface area contributed by atoms with Crippen LogP contribution in [-0.4, -0.2) is 58.5 Å². The van der Waals surface area contributed by atoms with Gasteiger partial charge in [-0.05, 0) is 31.2 Å². The van der Waals surface area contributed by atoms with E-state index in [1.165, 1.54) is 50.8 Å². The minimum Gasteiger partial charge on any atom is -0.488 e. The fraction of sp³-hybridized carbons (Fsp3) is 0.320. The van der Waals surface area contributed by atoms with Crippen molar-refractivity contribution in [2.75, 3.05) is 25.6 Å². The standard InChI is InChI=1S/C12H10N4O5.C12H14N4O3.CH3.Pd/c1-14-11(17)15-8-4-7(16(18)19)2-3-9(8)20-5-12(6-21-12)10(15)13-14;1-12(18)6-19-9-4-3-7(13)5-8(9)16-10(12)14-15(2)11(16)17;;/h2-4H,5-6H2,1H3;3-5,18H,6,13H2,1-2H3;1H3;/q;;-1;. The van der Waals surface area contributed by atoms with Gasteiger partial charge in [-0.25, -0.2) is 28.1 Å². The first kappa shape index (κ1) is 30.7. The number of non-ortho nitro benzene ring substituents is 1. The molecule has 5 heterocycles. The number of nitrogens with zero attached hydrogens (tertiary/aromatic N) is 7. The third kappa shape index (κ3) is 4.79. The molecule has 226 valence electrons. The van der Waals surface area contributed by atoms with Gasteiger partial charge in [0.1, 0.15) is 30.4 Å². The van der Waals surface area contributed by atoms with Gasteiger partial charge in [0.2, 0.25) is 0 Å². The molecule has 0 aliphatic carbocycles. The summed E-state index contributed by atoms with van der Waals surface area (Å²) in [5.74, 6) is 1.53. The topological polar surface area (TPSA) is 200 Å². The van der Waals surface area contributed by atoms with E-state index in [-0.39, 0.29) is 58.3 Å². The van der Waals surface area contributed by atoms with E-state index in [0.29, 0.717) is 41.0 Å². The van der Waals surface area contributed by atoms with Gasteiger partial charge >= 0.3 is 11.4 Å². The molecule has 3 aliphatic rings. The Hall–Kier alpha value is -4.30. The molecule has 3 N–H and O–H groups in total. The molecule has 1 spiro atoms. The number of anilines is 1. The van der Waals surface area contributed by atoms with E-state index in [1.54, 1.807) is 25.1 Å². The molecule has 0 saturated carbocycles. The first-order valence-corrected chi connectivity index (χ1v) is 12.1. The maximum Gasteiger partial charge on any atom is 0.350 e. The molecule has 4 aromatic rings. The molecule has 2 unspecified atom stereocenters. The van der Waals surface area contributed by atoms with Crippen molar-refractivity contribution in [1.29, 1.82) is 0 Å². The van der Waals surface area contributed by atoms with E-state index in [1.807, 2.05) is 0 Å². The summed E-state index contributed by atoms with van der Waals surface area (Å²) in [5.41, 5.74) is 4.10. The van der Waals surface area contributed by atoms with Crippen molar-refractivity contribution < 1.29 is 44.7 Å². The number of nitrogens with two attached hydrogens (primary N) is 1. The maximum absolute atomic E-state index is 12.3. The van der Waals surface area contributed by atoms with Crippen molar-refractivity contribution >= 4 is 11.4 Å². The van der Waals surface area contributed by atoms with Crippen molar-refractivity contribution in [2.24, 2.45) is 14.1 Å². The Kier molecular flexibility index (Phi) is 7.67.